The second kappa shape index (κ2) is 8.24. The Bertz CT molecular complexity index is 1050. The summed E-state index contributed by atoms with van der Waals surface area (Å²) in [5.41, 5.74) is 2.16. The van der Waals surface area contributed by atoms with Gasteiger partial charge in [-0.2, -0.15) is 0 Å². The Kier molecular flexibility index (Phi) is 5.98. The van der Waals surface area contributed by atoms with Crippen LogP contribution in [0.5, 0.6) is 0 Å². The number of carbonyl (C=O) groups is 1. The molecule has 0 atom stereocenters. The van der Waals surface area contributed by atoms with Gasteiger partial charge in [-0.15, -0.1) is 0 Å². The summed E-state index contributed by atoms with van der Waals surface area (Å²) in [4.78, 5) is 12.4. The number of rotatable bonds is 6. The molecule has 0 radical (unpaired) electrons. The summed E-state index contributed by atoms with van der Waals surface area (Å²) in [6.45, 7) is 2.04. The normalized spacial score (nSPS) is 11.3. The number of hydrogen-bond acceptors (Lipinski definition) is 4. The smallest absolute Gasteiger partial charge is 0.255 e. The fraction of sp³-hybridized carbons (Fsp3) is 0.105. The van der Waals surface area contributed by atoms with Gasteiger partial charge in [0.15, 0.2) is 0 Å². The highest BCUT2D eigenvalue weighted by molar-refractivity contribution is 14.1. The lowest BCUT2D eigenvalue weighted by molar-refractivity contribution is 0.102. The Labute approximate surface area is 171 Å². The van der Waals surface area contributed by atoms with Crippen LogP contribution in [0.15, 0.2) is 70.2 Å². The molecule has 6 nitrogen and oxygen atoms in total. The van der Waals surface area contributed by atoms with E-state index in [-0.39, 0.29) is 17.3 Å². The highest BCUT2D eigenvalue weighted by Crippen LogP contribution is 2.17. The van der Waals surface area contributed by atoms with Crippen molar-refractivity contribution < 1.29 is 17.6 Å². The zero-order chi connectivity index (χ0) is 19.4. The Morgan fingerprint density at radius 2 is 1.85 bits per heavy atom. The van der Waals surface area contributed by atoms with Gasteiger partial charge in [-0.3, -0.25) is 4.79 Å². The second-order valence-electron chi connectivity index (χ2n) is 5.85. The van der Waals surface area contributed by atoms with Gasteiger partial charge in [0, 0.05) is 14.8 Å². The Hall–Kier alpha value is -2.17. The summed E-state index contributed by atoms with van der Waals surface area (Å²) in [5, 5.41) is 2.77. The maximum Gasteiger partial charge on any atom is 0.255 e. The van der Waals surface area contributed by atoms with Crippen molar-refractivity contribution in [2.24, 2.45) is 0 Å². The first-order chi connectivity index (χ1) is 12.8. The lowest BCUT2D eigenvalue weighted by atomic mass is 10.1. The van der Waals surface area contributed by atoms with Gasteiger partial charge >= 0.3 is 0 Å². The third-order valence-electron chi connectivity index (χ3n) is 3.87. The number of amides is 1. The van der Waals surface area contributed by atoms with Gasteiger partial charge in [-0.05, 0) is 83.6 Å². The minimum absolute atomic E-state index is 0.0693. The van der Waals surface area contributed by atoms with Crippen LogP contribution in [-0.2, 0) is 16.6 Å². The molecule has 0 unspecified atom stereocenters. The fourth-order valence-corrected chi connectivity index (χ4v) is 3.83. The van der Waals surface area contributed by atoms with E-state index in [4.69, 9.17) is 4.42 Å². The average molecular weight is 496 g/mol. The molecule has 27 heavy (non-hydrogen) atoms. The highest BCUT2D eigenvalue weighted by atomic mass is 127. The van der Waals surface area contributed by atoms with Crippen molar-refractivity contribution >= 4 is 44.2 Å². The molecule has 0 bridgehead atoms. The van der Waals surface area contributed by atoms with E-state index in [0.717, 1.165) is 9.13 Å². The largest absolute Gasteiger partial charge is 0.468 e. The summed E-state index contributed by atoms with van der Waals surface area (Å²) >= 11 is 2.18. The first-order valence-electron chi connectivity index (χ1n) is 8.05. The third-order valence-corrected chi connectivity index (χ3v) is 6.45. The molecule has 140 valence electrons. The number of aryl methyl sites for hydroxylation is 1. The predicted octanol–water partition coefficient (Wildman–Crippen LogP) is 3.92. The molecule has 1 aromatic heterocycles. The first-order valence-corrected chi connectivity index (χ1v) is 10.6. The molecule has 0 saturated heterocycles. The topological polar surface area (TPSA) is 88.4 Å². The molecule has 2 aromatic carbocycles. The van der Waals surface area contributed by atoms with Crippen LogP contribution in [0.25, 0.3) is 0 Å². The van der Waals surface area contributed by atoms with Gasteiger partial charge in [-0.1, -0.05) is 6.07 Å². The van der Waals surface area contributed by atoms with E-state index in [0.29, 0.717) is 17.0 Å². The number of sulfonamides is 1. The fourth-order valence-electron chi connectivity index (χ4n) is 2.32. The number of hydrogen-bond donors (Lipinski definition) is 2. The lowest BCUT2D eigenvalue weighted by Gasteiger charge is -2.09. The van der Waals surface area contributed by atoms with Crippen LogP contribution in [0.4, 0.5) is 5.69 Å². The predicted molar refractivity (Wildman–Crippen MR) is 111 cm³/mol. The zero-order valence-electron chi connectivity index (χ0n) is 14.4. The summed E-state index contributed by atoms with van der Waals surface area (Å²) in [5.74, 6) is 0.273. The van der Waals surface area contributed by atoms with E-state index < -0.39 is 10.0 Å². The monoisotopic (exact) mass is 496 g/mol. The van der Waals surface area contributed by atoms with Gasteiger partial charge in [0.05, 0.1) is 17.7 Å². The molecule has 0 aliphatic carbocycles. The van der Waals surface area contributed by atoms with Crippen molar-refractivity contribution in [2.45, 2.75) is 18.4 Å². The van der Waals surface area contributed by atoms with Crippen LogP contribution in [0.3, 0.4) is 0 Å². The van der Waals surface area contributed by atoms with Crippen LogP contribution in [-0.4, -0.2) is 14.3 Å². The Balaban J connectivity index is 1.67. The molecule has 0 aliphatic heterocycles. The standard InChI is InChI=1S/C19H17IN2O4S/c1-13-4-5-14(11-18(13)20)19(23)22-15-6-8-17(9-7-15)27(24,25)21-12-16-3-2-10-26-16/h2-11,21H,12H2,1H3,(H,22,23). The SMILES string of the molecule is Cc1ccc(C(=O)Nc2ccc(S(=O)(=O)NCc3ccco3)cc2)cc1I. The van der Waals surface area contributed by atoms with E-state index in [1.54, 1.807) is 30.3 Å². The molecular weight excluding hydrogens is 479 g/mol. The maximum atomic E-state index is 12.3. The van der Waals surface area contributed by atoms with Gasteiger partial charge < -0.3 is 9.73 Å². The van der Waals surface area contributed by atoms with Gasteiger partial charge in [-0.25, -0.2) is 13.1 Å². The van der Waals surface area contributed by atoms with Crippen LogP contribution in [0.2, 0.25) is 0 Å². The van der Waals surface area contributed by atoms with E-state index >= 15 is 0 Å². The van der Waals surface area contributed by atoms with E-state index in [1.165, 1.54) is 18.4 Å². The second-order valence-corrected chi connectivity index (χ2v) is 8.78. The highest BCUT2D eigenvalue weighted by Gasteiger charge is 2.15. The van der Waals surface area contributed by atoms with Crippen LogP contribution >= 0.6 is 22.6 Å². The van der Waals surface area contributed by atoms with Crippen molar-refractivity contribution in [1.29, 1.82) is 0 Å². The molecule has 3 rings (SSSR count). The molecule has 8 heteroatoms. The summed E-state index contributed by atoms with van der Waals surface area (Å²) in [6.07, 6.45) is 1.48. The van der Waals surface area contributed by atoms with E-state index in [9.17, 15) is 13.2 Å². The number of halogens is 1. The summed E-state index contributed by atoms with van der Waals surface area (Å²) in [6, 6.07) is 14.8. The van der Waals surface area contributed by atoms with Crippen LogP contribution < -0.4 is 10.0 Å². The molecule has 0 spiro atoms. The summed E-state index contributed by atoms with van der Waals surface area (Å²) < 4.78 is 33.2. The molecule has 2 N–H and O–H groups in total. The van der Waals surface area contributed by atoms with Crippen molar-refractivity contribution in [2.75, 3.05) is 5.32 Å². The van der Waals surface area contributed by atoms with Crippen molar-refractivity contribution in [3.05, 3.63) is 81.3 Å². The molecule has 0 fully saturated rings. The third kappa shape index (κ3) is 4.96. The van der Waals surface area contributed by atoms with Crippen molar-refractivity contribution in [3.8, 4) is 0 Å². The molecule has 3 aromatic rings. The number of anilines is 1. The number of nitrogens with one attached hydrogen (secondary N) is 2. The molecular formula is C19H17IN2O4S. The number of carbonyl (C=O) groups excluding carboxylic acids is 1. The van der Waals surface area contributed by atoms with E-state index in [1.807, 2.05) is 19.1 Å². The quantitative estimate of drug-likeness (QED) is 0.507. The van der Waals surface area contributed by atoms with Crippen molar-refractivity contribution in [1.82, 2.24) is 4.72 Å². The van der Waals surface area contributed by atoms with E-state index in [2.05, 4.69) is 32.6 Å². The maximum absolute atomic E-state index is 12.3. The Morgan fingerprint density at radius 1 is 1.11 bits per heavy atom. The molecule has 0 saturated carbocycles. The van der Waals surface area contributed by atoms with Gasteiger partial charge in [0.25, 0.3) is 5.91 Å². The first kappa shape index (κ1) is 19.6. The van der Waals surface area contributed by atoms with Gasteiger partial charge in [0.2, 0.25) is 10.0 Å². The number of benzene rings is 2. The minimum Gasteiger partial charge on any atom is -0.468 e. The molecule has 0 aliphatic rings. The summed E-state index contributed by atoms with van der Waals surface area (Å²) in [7, 11) is -3.67. The van der Waals surface area contributed by atoms with Crippen LogP contribution in [0.1, 0.15) is 21.7 Å². The zero-order valence-corrected chi connectivity index (χ0v) is 17.4. The lowest BCUT2D eigenvalue weighted by Crippen LogP contribution is -2.23. The number of furan rings is 1. The molecule has 1 amide bonds. The Morgan fingerprint density at radius 3 is 2.48 bits per heavy atom. The molecule has 1 heterocycles. The minimum atomic E-state index is -3.67. The average Bonchev–Trinajstić information content (AvgIpc) is 3.16. The van der Waals surface area contributed by atoms with Crippen molar-refractivity contribution in [3.63, 3.8) is 0 Å². The van der Waals surface area contributed by atoms with Crippen LogP contribution in [0, 0.1) is 10.5 Å². The van der Waals surface area contributed by atoms with Gasteiger partial charge in [0.1, 0.15) is 5.76 Å².